The number of hydrogen-bond acceptors (Lipinski definition) is 5. The van der Waals surface area contributed by atoms with E-state index >= 15 is 0 Å². The van der Waals surface area contributed by atoms with E-state index < -0.39 is 11.9 Å². The third kappa shape index (κ3) is 2.54. The molecule has 0 aliphatic rings. The Hall–Kier alpha value is -2.06. The minimum atomic E-state index is -4.58. The molecule has 0 aromatic carbocycles. The Morgan fingerprint density at radius 1 is 1.37 bits per heavy atom. The zero-order valence-corrected chi connectivity index (χ0v) is 10.3. The second-order valence-corrected chi connectivity index (χ2v) is 3.96. The molecular formula is C10H12F3N5O. The van der Waals surface area contributed by atoms with Crippen LogP contribution >= 0.6 is 0 Å². The van der Waals surface area contributed by atoms with Crippen molar-refractivity contribution in [2.45, 2.75) is 33.0 Å². The Balaban J connectivity index is 2.31. The molecule has 104 valence electrons. The molecule has 2 aromatic heterocycles. The summed E-state index contributed by atoms with van der Waals surface area (Å²) in [4.78, 5) is 4.01. The van der Waals surface area contributed by atoms with Crippen LogP contribution < -0.4 is 5.73 Å². The van der Waals surface area contributed by atoms with Crippen molar-refractivity contribution in [3.63, 3.8) is 0 Å². The van der Waals surface area contributed by atoms with Crippen molar-refractivity contribution >= 4 is 5.69 Å². The highest BCUT2D eigenvalue weighted by atomic mass is 19.4. The largest absolute Gasteiger partial charge is 0.437 e. The lowest BCUT2D eigenvalue weighted by Gasteiger charge is -2.01. The summed E-state index contributed by atoms with van der Waals surface area (Å²) in [6.45, 7) is 3.27. The summed E-state index contributed by atoms with van der Waals surface area (Å²) in [7, 11) is 0. The van der Waals surface area contributed by atoms with Gasteiger partial charge in [-0.1, -0.05) is 12.1 Å². The van der Waals surface area contributed by atoms with Crippen molar-refractivity contribution in [3.05, 3.63) is 23.1 Å². The van der Waals surface area contributed by atoms with Gasteiger partial charge >= 0.3 is 6.18 Å². The minimum Gasteiger partial charge on any atom is -0.395 e. The van der Waals surface area contributed by atoms with Crippen LogP contribution in [0.2, 0.25) is 0 Å². The lowest BCUT2D eigenvalue weighted by Crippen LogP contribution is -2.10. The number of aromatic nitrogens is 4. The molecule has 0 saturated carbocycles. The Labute approximate surface area is 106 Å². The quantitative estimate of drug-likeness (QED) is 0.923. The fourth-order valence-electron chi connectivity index (χ4n) is 1.56. The molecule has 0 saturated heterocycles. The van der Waals surface area contributed by atoms with Crippen LogP contribution in [0.1, 0.15) is 30.0 Å². The van der Waals surface area contributed by atoms with Crippen molar-refractivity contribution in [3.8, 4) is 0 Å². The molecule has 0 aliphatic carbocycles. The molecule has 0 aliphatic heterocycles. The first-order chi connectivity index (χ1) is 8.82. The van der Waals surface area contributed by atoms with Gasteiger partial charge in [0.1, 0.15) is 6.54 Å². The first-order valence-corrected chi connectivity index (χ1v) is 5.54. The third-order valence-corrected chi connectivity index (χ3v) is 2.63. The van der Waals surface area contributed by atoms with Crippen LogP contribution in [0, 0.1) is 6.92 Å². The van der Waals surface area contributed by atoms with Crippen molar-refractivity contribution in [2.24, 2.45) is 0 Å². The molecule has 6 nitrogen and oxygen atoms in total. The highest BCUT2D eigenvalue weighted by molar-refractivity contribution is 5.49. The highest BCUT2D eigenvalue weighted by Gasteiger charge is 2.37. The summed E-state index contributed by atoms with van der Waals surface area (Å²) in [5, 5.41) is 7.11. The fourth-order valence-corrected chi connectivity index (χ4v) is 1.56. The number of nitrogens with zero attached hydrogens (tertiary/aromatic N) is 4. The smallest absolute Gasteiger partial charge is 0.395 e. The molecule has 0 radical (unpaired) electrons. The molecule has 0 unspecified atom stereocenters. The van der Waals surface area contributed by atoms with Gasteiger partial charge in [-0.2, -0.15) is 23.3 Å². The van der Waals surface area contributed by atoms with Crippen molar-refractivity contribution < 1.29 is 17.7 Å². The van der Waals surface area contributed by atoms with E-state index in [-0.39, 0.29) is 23.8 Å². The number of aryl methyl sites for hydroxylation is 1. The second kappa shape index (κ2) is 4.56. The summed E-state index contributed by atoms with van der Waals surface area (Å²) in [5.74, 6) is 0.681. The van der Waals surface area contributed by atoms with E-state index in [2.05, 4.69) is 15.2 Å². The first kappa shape index (κ1) is 13.4. The Morgan fingerprint density at radius 2 is 2.05 bits per heavy atom. The summed E-state index contributed by atoms with van der Waals surface area (Å²) in [5.41, 5.74) is 4.15. The number of alkyl halides is 3. The van der Waals surface area contributed by atoms with Gasteiger partial charge in [-0.3, -0.25) is 4.68 Å². The standard InChI is InChI=1S/C10H12F3N5O/c1-3-7-15-6(17-19-7)4-18-5(2)8(14)9(16-18)10(11,12)13/h3-4,14H2,1-2H3. The molecule has 0 amide bonds. The van der Waals surface area contributed by atoms with Crippen LogP contribution in [-0.2, 0) is 19.1 Å². The van der Waals surface area contributed by atoms with Crippen LogP contribution in [0.4, 0.5) is 18.9 Å². The molecule has 19 heavy (non-hydrogen) atoms. The van der Waals surface area contributed by atoms with Crippen molar-refractivity contribution in [2.75, 3.05) is 5.73 Å². The molecule has 2 aromatic rings. The van der Waals surface area contributed by atoms with Gasteiger partial charge in [0.25, 0.3) is 0 Å². The van der Waals surface area contributed by atoms with Gasteiger partial charge in [-0.25, -0.2) is 0 Å². The Morgan fingerprint density at radius 3 is 2.53 bits per heavy atom. The lowest BCUT2D eigenvalue weighted by atomic mass is 10.3. The number of halogens is 3. The van der Waals surface area contributed by atoms with Crippen LogP contribution in [0.15, 0.2) is 4.52 Å². The summed E-state index contributed by atoms with van der Waals surface area (Å²) < 4.78 is 43.9. The van der Waals surface area contributed by atoms with E-state index in [0.29, 0.717) is 12.3 Å². The van der Waals surface area contributed by atoms with Crippen molar-refractivity contribution in [1.82, 2.24) is 19.9 Å². The number of nitrogen functional groups attached to an aromatic ring is 1. The molecule has 2 heterocycles. The van der Waals surface area contributed by atoms with Gasteiger partial charge in [-0.15, -0.1) is 0 Å². The Kier molecular flexibility index (Phi) is 3.21. The van der Waals surface area contributed by atoms with Gasteiger partial charge in [0.2, 0.25) is 5.89 Å². The van der Waals surface area contributed by atoms with Crippen LogP contribution in [0.5, 0.6) is 0 Å². The van der Waals surface area contributed by atoms with Gasteiger partial charge in [0.05, 0.1) is 11.4 Å². The predicted octanol–water partition coefficient (Wildman–Crippen LogP) is 1.79. The average molecular weight is 275 g/mol. The molecule has 2 rings (SSSR count). The molecule has 0 bridgehead atoms. The van der Waals surface area contributed by atoms with Crippen LogP contribution in [0.25, 0.3) is 0 Å². The summed E-state index contributed by atoms with van der Waals surface area (Å²) >= 11 is 0. The normalized spacial score (nSPS) is 12.1. The maximum absolute atomic E-state index is 12.6. The minimum absolute atomic E-state index is 0.0182. The number of rotatable bonds is 3. The van der Waals surface area contributed by atoms with E-state index in [1.807, 2.05) is 6.92 Å². The molecule has 2 N–H and O–H groups in total. The van der Waals surface area contributed by atoms with E-state index in [0.717, 1.165) is 4.68 Å². The van der Waals surface area contributed by atoms with E-state index in [1.54, 1.807) is 0 Å². The van der Waals surface area contributed by atoms with Gasteiger partial charge in [0.15, 0.2) is 11.5 Å². The van der Waals surface area contributed by atoms with E-state index in [1.165, 1.54) is 6.92 Å². The SMILES string of the molecule is CCc1nc(Cn2nc(C(F)(F)F)c(N)c2C)no1. The number of anilines is 1. The van der Waals surface area contributed by atoms with Gasteiger partial charge in [-0.05, 0) is 6.92 Å². The lowest BCUT2D eigenvalue weighted by molar-refractivity contribution is -0.140. The van der Waals surface area contributed by atoms with Gasteiger partial charge in [0, 0.05) is 6.42 Å². The zero-order valence-electron chi connectivity index (χ0n) is 10.3. The molecular weight excluding hydrogens is 263 g/mol. The highest BCUT2D eigenvalue weighted by Crippen LogP contribution is 2.33. The maximum atomic E-state index is 12.6. The van der Waals surface area contributed by atoms with Gasteiger partial charge < -0.3 is 10.3 Å². The molecule has 0 spiro atoms. The first-order valence-electron chi connectivity index (χ1n) is 5.54. The summed E-state index contributed by atoms with van der Waals surface area (Å²) in [6.07, 6.45) is -4.02. The third-order valence-electron chi connectivity index (χ3n) is 2.63. The summed E-state index contributed by atoms with van der Waals surface area (Å²) in [6, 6.07) is 0. The fraction of sp³-hybridized carbons (Fsp3) is 0.500. The topological polar surface area (TPSA) is 82.8 Å². The van der Waals surface area contributed by atoms with Crippen molar-refractivity contribution in [1.29, 1.82) is 0 Å². The Bertz CT molecular complexity index is 586. The van der Waals surface area contributed by atoms with Crippen LogP contribution in [-0.4, -0.2) is 19.9 Å². The van der Waals surface area contributed by atoms with E-state index in [4.69, 9.17) is 10.3 Å². The number of hydrogen-bond donors (Lipinski definition) is 1. The second-order valence-electron chi connectivity index (χ2n) is 3.96. The zero-order chi connectivity index (χ0) is 14.2. The van der Waals surface area contributed by atoms with E-state index in [9.17, 15) is 13.2 Å². The number of nitrogens with two attached hydrogens (primary N) is 1. The van der Waals surface area contributed by atoms with Crippen LogP contribution in [0.3, 0.4) is 0 Å². The monoisotopic (exact) mass is 275 g/mol. The maximum Gasteiger partial charge on any atom is 0.437 e. The molecule has 0 atom stereocenters. The average Bonchev–Trinajstić information content (AvgIpc) is 2.88. The predicted molar refractivity (Wildman–Crippen MR) is 59.2 cm³/mol. The molecule has 9 heteroatoms. The molecule has 0 fully saturated rings.